The van der Waals surface area contributed by atoms with Gasteiger partial charge in [0.2, 0.25) is 0 Å². The molecule has 0 radical (unpaired) electrons. The molecule has 1 aliphatic carbocycles. The molecule has 2 nitrogen and oxygen atoms in total. The summed E-state index contributed by atoms with van der Waals surface area (Å²) in [5.74, 6) is 0.179. The van der Waals surface area contributed by atoms with Gasteiger partial charge in [-0.05, 0) is 147 Å². The highest BCUT2D eigenvalue weighted by atomic mass is 15.1. The Hall–Kier alpha value is -5.86. The zero-order valence-corrected chi connectivity index (χ0v) is 32.3. The molecule has 3 aliphatic rings. The first-order valence-electron chi connectivity index (χ1n) is 21.0. The maximum atomic E-state index is 2.62. The Kier molecular flexibility index (Phi) is 9.49. The average Bonchev–Trinajstić information content (AvgIpc) is 3.28. The van der Waals surface area contributed by atoms with Crippen LogP contribution in [0.1, 0.15) is 67.6 Å². The van der Waals surface area contributed by atoms with Crippen molar-refractivity contribution in [2.45, 2.75) is 50.9 Å². The van der Waals surface area contributed by atoms with Gasteiger partial charge in [-0.25, -0.2) is 0 Å². The summed E-state index contributed by atoms with van der Waals surface area (Å²) >= 11 is 0. The summed E-state index contributed by atoms with van der Waals surface area (Å²) in [6.45, 7) is 4.51. The number of fused-ring (bicyclic) bond motifs is 3. The lowest BCUT2D eigenvalue weighted by Crippen LogP contribution is -2.29. The average molecular weight is 727 g/mol. The van der Waals surface area contributed by atoms with E-state index in [-0.39, 0.29) is 5.92 Å². The molecule has 2 aliphatic heterocycles. The van der Waals surface area contributed by atoms with Crippen molar-refractivity contribution in [2.75, 3.05) is 36.0 Å². The van der Waals surface area contributed by atoms with Crippen LogP contribution in [0.2, 0.25) is 0 Å². The zero-order valence-electron chi connectivity index (χ0n) is 32.3. The maximum Gasteiger partial charge on any atom is 0.0372 e. The van der Waals surface area contributed by atoms with Crippen LogP contribution in [0.15, 0.2) is 169 Å². The SMILES string of the molecule is C1=CC(c2c3cc(N4CCCCC4)ccc3c(-c3ccc4ccccc4c3)c3cc(N4CCCCC4)ccc23)=CC(=CC(c2ccccc2)c2ccccc2)C1. The number of nitrogens with zero attached hydrogens (tertiary/aromatic N) is 2. The highest BCUT2D eigenvalue weighted by molar-refractivity contribution is 6.21. The van der Waals surface area contributed by atoms with E-state index in [1.807, 2.05) is 0 Å². The first kappa shape index (κ1) is 34.6. The van der Waals surface area contributed by atoms with Gasteiger partial charge in [0.1, 0.15) is 0 Å². The summed E-state index contributed by atoms with van der Waals surface area (Å²) in [6, 6.07) is 52.6. The molecule has 0 atom stereocenters. The molecule has 0 saturated carbocycles. The molecule has 7 aromatic rings. The van der Waals surface area contributed by atoms with E-state index < -0.39 is 0 Å². The van der Waals surface area contributed by atoms with Crippen LogP contribution in [-0.4, -0.2) is 26.2 Å². The van der Waals surface area contributed by atoms with Gasteiger partial charge in [-0.2, -0.15) is 0 Å². The Bertz CT molecular complexity index is 2580. The summed E-state index contributed by atoms with van der Waals surface area (Å²) in [5, 5.41) is 7.91. The van der Waals surface area contributed by atoms with E-state index in [9.17, 15) is 0 Å². The van der Waals surface area contributed by atoms with Crippen molar-refractivity contribution in [1.29, 1.82) is 0 Å². The van der Waals surface area contributed by atoms with E-state index >= 15 is 0 Å². The van der Waals surface area contributed by atoms with Gasteiger partial charge in [0.05, 0.1) is 0 Å². The van der Waals surface area contributed by atoms with Gasteiger partial charge in [0.15, 0.2) is 0 Å². The molecular formula is C54H50N2. The minimum absolute atomic E-state index is 0.179. The van der Waals surface area contributed by atoms with Crippen LogP contribution in [0.3, 0.4) is 0 Å². The topological polar surface area (TPSA) is 6.48 Å². The van der Waals surface area contributed by atoms with Crippen molar-refractivity contribution in [3.05, 3.63) is 186 Å². The lowest BCUT2D eigenvalue weighted by molar-refractivity contribution is 0.578. The molecule has 56 heavy (non-hydrogen) atoms. The van der Waals surface area contributed by atoms with E-state index in [1.54, 1.807) is 0 Å². The summed E-state index contributed by atoms with van der Waals surface area (Å²) in [4.78, 5) is 5.23. The molecule has 10 rings (SSSR count). The molecule has 0 bridgehead atoms. The summed E-state index contributed by atoms with van der Waals surface area (Å²) < 4.78 is 0. The van der Waals surface area contributed by atoms with Crippen LogP contribution in [0.25, 0.3) is 49.0 Å². The van der Waals surface area contributed by atoms with Crippen molar-refractivity contribution in [3.63, 3.8) is 0 Å². The third-order valence-electron chi connectivity index (χ3n) is 12.5. The minimum atomic E-state index is 0.179. The van der Waals surface area contributed by atoms with Crippen molar-refractivity contribution in [1.82, 2.24) is 0 Å². The molecule has 0 spiro atoms. The number of piperidine rings is 2. The highest BCUT2D eigenvalue weighted by Gasteiger charge is 2.23. The van der Waals surface area contributed by atoms with Crippen molar-refractivity contribution < 1.29 is 0 Å². The number of allylic oxidation sites excluding steroid dienone is 6. The first-order valence-corrected chi connectivity index (χ1v) is 21.0. The quantitative estimate of drug-likeness (QED) is 0.151. The Morgan fingerprint density at radius 2 is 1.02 bits per heavy atom. The number of hydrogen-bond donors (Lipinski definition) is 0. The fourth-order valence-corrected chi connectivity index (χ4v) is 9.69. The molecule has 0 N–H and O–H groups in total. The molecule has 0 amide bonds. The molecule has 2 fully saturated rings. The standard InChI is InChI=1S/C54H50N2/c1-5-18-41(19-6-1)50(42-20-7-2-8-21-42)35-39-16-15-23-44(34-39)53-48-28-26-47(56-32-13-4-14-33-56)38-52(48)54(45-25-24-40-17-9-10-22-43(40)36-45)49-29-27-46(37-51(49)53)55-30-11-3-12-31-55/h1-2,5-10,15,17-29,34-38,50H,3-4,11-14,16,30-33H2. The van der Waals surface area contributed by atoms with Crippen LogP contribution >= 0.6 is 0 Å². The second-order valence-corrected chi connectivity index (χ2v) is 16.1. The van der Waals surface area contributed by atoms with E-state index in [0.717, 1.165) is 32.6 Å². The largest absolute Gasteiger partial charge is 0.372 e. The first-order chi connectivity index (χ1) is 27.8. The fourth-order valence-electron chi connectivity index (χ4n) is 9.69. The van der Waals surface area contributed by atoms with Gasteiger partial charge < -0.3 is 9.80 Å². The van der Waals surface area contributed by atoms with Crippen molar-refractivity contribution in [2.24, 2.45) is 0 Å². The summed E-state index contributed by atoms with van der Waals surface area (Å²) in [7, 11) is 0. The van der Waals surface area contributed by atoms with E-state index in [4.69, 9.17) is 0 Å². The van der Waals surface area contributed by atoms with Gasteiger partial charge in [-0.1, -0.05) is 133 Å². The number of anilines is 2. The Morgan fingerprint density at radius 1 is 0.464 bits per heavy atom. The normalized spacial score (nSPS) is 17.0. The summed E-state index contributed by atoms with van der Waals surface area (Å²) in [5.41, 5.74) is 12.0. The molecule has 7 aromatic carbocycles. The van der Waals surface area contributed by atoms with E-state index in [0.29, 0.717) is 0 Å². The predicted octanol–water partition coefficient (Wildman–Crippen LogP) is 13.9. The second kappa shape index (κ2) is 15.3. The molecule has 276 valence electrons. The molecular weight excluding hydrogens is 677 g/mol. The number of hydrogen-bond acceptors (Lipinski definition) is 2. The third-order valence-corrected chi connectivity index (χ3v) is 12.5. The predicted molar refractivity (Wildman–Crippen MR) is 241 cm³/mol. The van der Waals surface area contributed by atoms with Crippen LogP contribution in [0.5, 0.6) is 0 Å². The Morgan fingerprint density at radius 3 is 1.64 bits per heavy atom. The zero-order chi connectivity index (χ0) is 37.3. The van der Waals surface area contributed by atoms with Crippen LogP contribution in [0.4, 0.5) is 11.4 Å². The highest BCUT2D eigenvalue weighted by Crippen LogP contribution is 2.46. The monoisotopic (exact) mass is 726 g/mol. The molecule has 2 saturated heterocycles. The lowest BCUT2D eigenvalue weighted by atomic mass is 9.82. The molecule has 0 aromatic heterocycles. The van der Waals surface area contributed by atoms with Gasteiger partial charge in [0, 0.05) is 43.5 Å². The lowest BCUT2D eigenvalue weighted by Gasteiger charge is -2.31. The third kappa shape index (κ3) is 6.72. The van der Waals surface area contributed by atoms with Crippen molar-refractivity contribution >= 4 is 49.3 Å². The van der Waals surface area contributed by atoms with E-state index in [2.05, 4.69) is 174 Å². The smallest absolute Gasteiger partial charge is 0.0372 e. The minimum Gasteiger partial charge on any atom is -0.372 e. The number of rotatable bonds is 7. The Balaban J connectivity index is 1.22. The van der Waals surface area contributed by atoms with Crippen molar-refractivity contribution in [3.8, 4) is 11.1 Å². The molecule has 0 unspecified atom stereocenters. The van der Waals surface area contributed by atoms with Gasteiger partial charge in [-0.3, -0.25) is 0 Å². The van der Waals surface area contributed by atoms with E-state index in [1.165, 1.54) is 121 Å². The maximum absolute atomic E-state index is 2.62. The van der Waals surface area contributed by atoms with Crippen LogP contribution in [0, 0.1) is 0 Å². The second-order valence-electron chi connectivity index (χ2n) is 16.1. The van der Waals surface area contributed by atoms with Crippen LogP contribution in [-0.2, 0) is 0 Å². The number of benzene rings is 7. The van der Waals surface area contributed by atoms with Crippen LogP contribution < -0.4 is 9.80 Å². The van der Waals surface area contributed by atoms with Gasteiger partial charge >= 0.3 is 0 Å². The molecule has 2 heteroatoms. The molecule has 2 heterocycles. The van der Waals surface area contributed by atoms with Gasteiger partial charge in [0.25, 0.3) is 0 Å². The summed E-state index contributed by atoms with van der Waals surface area (Å²) in [6.07, 6.45) is 18.4. The fraction of sp³-hybridized carbons (Fsp3) is 0.222. The Labute approximate surface area is 332 Å². The van der Waals surface area contributed by atoms with Gasteiger partial charge in [-0.15, -0.1) is 0 Å².